The van der Waals surface area contributed by atoms with Crippen LogP contribution in [0, 0.1) is 11.8 Å². The molecule has 0 unspecified atom stereocenters. The van der Waals surface area contributed by atoms with Gasteiger partial charge in [-0.05, 0) is 43.9 Å². The fourth-order valence-electron chi connectivity index (χ4n) is 4.28. The lowest BCUT2D eigenvalue weighted by atomic mass is 10.2. The summed E-state index contributed by atoms with van der Waals surface area (Å²) >= 11 is 0. The summed E-state index contributed by atoms with van der Waals surface area (Å²) in [6, 6.07) is 0.421. The molecule has 2 aromatic rings. The van der Waals surface area contributed by atoms with E-state index in [4.69, 9.17) is 4.98 Å². The fraction of sp³-hybridized carbons (Fsp3) is 0.739. The van der Waals surface area contributed by atoms with Crippen molar-refractivity contribution in [3.8, 4) is 0 Å². The number of nitrogens with one attached hydrogen (secondary N) is 1. The Morgan fingerprint density at radius 1 is 1.19 bits per heavy atom. The third-order valence-electron chi connectivity index (χ3n) is 6.27. The van der Waals surface area contributed by atoms with Gasteiger partial charge in [0, 0.05) is 38.5 Å². The molecule has 2 aliphatic carbocycles. The molecule has 0 spiro atoms. The first-order valence-electron chi connectivity index (χ1n) is 11.9. The number of carbonyl (C=O) groups excluding carboxylic acids is 1. The first-order valence-corrected chi connectivity index (χ1v) is 11.9. The number of fused-ring (bicyclic) bond motifs is 1. The standard InChI is InChI=1S/C23H35N5O3/c1-4-5-12-26-21-20(22(30)25-23(26)31)28(13-15(2)3)18(24-21)10-11-19(29)27(17-8-9-17)14-16-6-7-16/h15-17H,4-14H2,1-3H3,(H,25,30,31). The van der Waals surface area contributed by atoms with Gasteiger partial charge < -0.3 is 9.47 Å². The number of H-pyrrole nitrogens is 1. The Bertz CT molecular complexity index is 1060. The lowest BCUT2D eigenvalue weighted by Gasteiger charge is -2.22. The number of nitrogens with zero attached hydrogens (tertiary/aromatic N) is 4. The first-order chi connectivity index (χ1) is 14.9. The third kappa shape index (κ3) is 4.93. The van der Waals surface area contributed by atoms with Crippen LogP contribution in [0.15, 0.2) is 9.59 Å². The number of hydrogen-bond acceptors (Lipinski definition) is 4. The van der Waals surface area contributed by atoms with Gasteiger partial charge in [0.15, 0.2) is 11.2 Å². The molecule has 2 heterocycles. The Morgan fingerprint density at radius 2 is 1.94 bits per heavy atom. The molecule has 2 aliphatic rings. The van der Waals surface area contributed by atoms with Crippen LogP contribution in [0.2, 0.25) is 0 Å². The van der Waals surface area contributed by atoms with Gasteiger partial charge in [0.1, 0.15) is 5.82 Å². The molecule has 0 radical (unpaired) electrons. The largest absolute Gasteiger partial charge is 0.339 e. The number of aromatic nitrogens is 4. The van der Waals surface area contributed by atoms with E-state index in [9.17, 15) is 14.4 Å². The second kappa shape index (κ2) is 9.01. The van der Waals surface area contributed by atoms with Crippen LogP contribution in [0.3, 0.4) is 0 Å². The van der Waals surface area contributed by atoms with Gasteiger partial charge in [-0.25, -0.2) is 9.78 Å². The first kappa shape index (κ1) is 21.8. The van der Waals surface area contributed by atoms with Crippen LogP contribution >= 0.6 is 0 Å². The highest BCUT2D eigenvalue weighted by molar-refractivity contribution is 5.77. The van der Waals surface area contributed by atoms with Gasteiger partial charge in [-0.3, -0.25) is 19.1 Å². The average molecular weight is 430 g/mol. The van der Waals surface area contributed by atoms with E-state index in [1.807, 2.05) is 4.57 Å². The maximum atomic E-state index is 13.0. The normalized spacial score (nSPS) is 16.4. The van der Waals surface area contributed by atoms with Gasteiger partial charge >= 0.3 is 5.69 Å². The molecule has 0 atom stereocenters. The van der Waals surface area contributed by atoms with Crippen LogP contribution in [-0.2, 0) is 24.3 Å². The van der Waals surface area contributed by atoms with Crippen molar-refractivity contribution in [1.82, 2.24) is 24.0 Å². The molecule has 170 valence electrons. The van der Waals surface area contributed by atoms with E-state index in [1.54, 1.807) is 4.57 Å². The monoisotopic (exact) mass is 429 g/mol. The van der Waals surface area contributed by atoms with E-state index in [0.29, 0.717) is 55.0 Å². The van der Waals surface area contributed by atoms with E-state index in [0.717, 1.165) is 38.1 Å². The Labute approximate surface area is 182 Å². The number of imidazole rings is 1. The van der Waals surface area contributed by atoms with Crippen molar-refractivity contribution in [2.24, 2.45) is 11.8 Å². The smallest absolute Gasteiger partial charge is 0.330 e. The van der Waals surface area contributed by atoms with Crippen molar-refractivity contribution >= 4 is 17.1 Å². The van der Waals surface area contributed by atoms with Crippen molar-refractivity contribution in [2.75, 3.05) is 6.54 Å². The number of aromatic amines is 1. The molecule has 1 N–H and O–H groups in total. The van der Waals surface area contributed by atoms with Crippen LogP contribution in [0.1, 0.15) is 71.5 Å². The minimum Gasteiger partial charge on any atom is -0.339 e. The molecule has 8 nitrogen and oxygen atoms in total. The molecule has 2 aromatic heterocycles. The summed E-state index contributed by atoms with van der Waals surface area (Å²) in [5.41, 5.74) is 0.0881. The summed E-state index contributed by atoms with van der Waals surface area (Å²) < 4.78 is 3.50. The van der Waals surface area contributed by atoms with Crippen molar-refractivity contribution in [3.63, 3.8) is 0 Å². The van der Waals surface area contributed by atoms with Crippen LogP contribution in [0.25, 0.3) is 11.2 Å². The van der Waals surface area contributed by atoms with Crippen molar-refractivity contribution in [3.05, 3.63) is 26.7 Å². The quantitative estimate of drug-likeness (QED) is 0.594. The zero-order valence-electron chi connectivity index (χ0n) is 19.0. The zero-order valence-corrected chi connectivity index (χ0v) is 19.0. The zero-order chi connectivity index (χ0) is 22.1. The van der Waals surface area contributed by atoms with Crippen LogP contribution in [0.5, 0.6) is 0 Å². The van der Waals surface area contributed by atoms with Gasteiger partial charge in [-0.1, -0.05) is 27.2 Å². The van der Waals surface area contributed by atoms with E-state index in [-0.39, 0.29) is 5.91 Å². The van der Waals surface area contributed by atoms with Crippen LogP contribution < -0.4 is 11.2 Å². The van der Waals surface area contributed by atoms with E-state index in [1.165, 1.54) is 12.8 Å². The summed E-state index contributed by atoms with van der Waals surface area (Å²) in [5, 5.41) is 0. The molecule has 0 bridgehead atoms. The number of amides is 1. The average Bonchev–Trinajstić information content (AvgIpc) is 3.62. The summed E-state index contributed by atoms with van der Waals surface area (Å²) in [6.07, 6.45) is 7.35. The fourth-order valence-corrected chi connectivity index (χ4v) is 4.28. The highest BCUT2D eigenvalue weighted by Gasteiger charge is 2.36. The van der Waals surface area contributed by atoms with E-state index < -0.39 is 11.2 Å². The van der Waals surface area contributed by atoms with Gasteiger partial charge in [0.2, 0.25) is 5.91 Å². The topological polar surface area (TPSA) is 93.0 Å². The van der Waals surface area contributed by atoms with Crippen molar-refractivity contribution in [1.29, 1.82) is 0 Å². The molecule has 1 amide bonds. The van der Waals surface area contributed by atoms with Gasteiger partial charge in [0.05, 0.1) is 0 Å². The molecule has 31 heavy (non-hydrogen) atoms. The minimum absolute atomic E-state index is 0.190. The second-order valence-electron chi connectivity index (χ2n) is 9.69. The molecule has 2 fully saturated rings. The Balaban J connectivity index is 1.63. The number of aryl methyl sites for hydroxylation is 2. The Hall–Kier alpha value is -2.38. The number of unbranched alkanes of at least 4 members (excludes halogenated alkanes) is 1. The van der Waals surface area contributed by atoms with Crippen molar-refractivity contribution < 1.29 is 4.79 Å². The summed E-state index contributed by atoms with van der Waals surface area (Å²) in [4.78, 5) is 47.4. The van der Waals surface area contributed by atoms with Gasteiger partial charge in [-0.15, -0.1) is 0 Å². The van der Waals surface area contributed by atoms with Crippen molar-refractivity contribution in [2.45, 2.75) is 91.3 Å². The molecule has 8 heteroatoms. The molecule has 0 saturated heterocycles. The number of carbonyl (C=O) groups is 1. The maximum Gasteiger partial charge on any atom is 0.330 e. The number of hydrogen-bond donors (Lipinski definition) is 1. The van der Waals surface area contributed by atoms with Crippen LogP contribution in [0.4, 0.5) is 0 Å². The summed E-state index contributed by atoms with van der Waals surface area (Å²) in [7, 11) is 0. The summed E-state index contributed by atoms with van der Waals surface area (Å²) in [5.74, 6) is 1.90. The molecular weight excluding hydrogens is 394 g/mol. The second-order valence-corrected chi connectivity index (χ2v) is 9.69. The Morgan fingerprint density at radius 3 is 2.55 bits per heavy atom. The van der Waals surface area contributed by atoms with Gasteiger partial charge in [0.25, 0.3) is 5.56 Å². The minimum atomic E-state index is -0.410. The molecule has 0 aliphatic heterocycles. The predicted octanol–water partition coefficient (Wildman–Crippen LogP) is 2.68. The molecule has 2 saturated carbocycles. The SMILES string of the molecule is CCCCn1c(=O)[nH]c(=O)c2c1nc(CCC(=O)N(CC1CC1)C1CC1)n2CC(C)C. The lowest BCUT2D eigenvalue weighted by Crippen LogP contribution is -2.35. The highest BCUT2D eigenvalue weighted by Crippen LogP contribution is 2.35. The maximum absolute atomic E-state index is 13.0. The predicted molar refractivity (Wildman–Crippen MR) is 120 cm³/mol. The van der Waals surface area contributed by atoms with E-state index in [2.05, 4.69) is 30.7 Å². The lowest BCUT2D eigenvalue weighted by molar-refractivity contribution is -0.132. The summed E-state index contributed by atoms with van der Waals surface area (Å²) in [6.45, 7) is 8.29. The molecular formula is C23H35N5O3. The molecule has 0 aromatic carbocycles. The molecule has 4 rings (SSSR count). The van der Waals surface area contributed by atoms with Gasteiger partial charge in [-0.2, -0.15) is 0 Å². The third-order valence-corrected chi connectivity index (χ3v) is 6.27. The highest BCUT2D eigenvalue weighted by atomic mass is 16.2. The van der Waals surface area contributed by atoms with Crippen LogP contribution in [-0.4, -0.2) is 42.5 Å². The number of rotatable bonds is 11. The Kier molecular flexibility index (Phi) is 6.34. The van der Waals surface area contributed by atoms with E-state index >= 15 is 0 Å².